The highest BCUT2D eigenvalue weighted by Gasteiger charge is 2.13. The number of carbonyl (C=O) groups excluding carboxylic acids is 2. The number of aliphatic carboxylic acids is 1. The molecular formula is C14H27N3O4. The summed E-state index contributed by atoms with van der Waals surface area (Å²) in [6.07, 6.45) is 2.41. The number of amides is 3. The summed E-state index contributed by atoms with van der Waals surface area (Å²) in [5.74, 6) is -0.697. The van der Waals surface area contributed by atoms with Gasteiger partial charge >= 0.3 is 12.0 Å². The first-order valence-corrected chi connectivity index (χ1v) is 7.38. The fourth-order valence-electron chi connectivity index (χ4n) is 1.94. The molecule has 1 atom stereocenters. The van der Waals surface area contributed by atoms with E-state index in [0.29, 0.717) is 19.5 Å². The highest BCUT2D eigenvalue weighted by Crippen LogP contribution is 2.14. The minimum Gasteiger partial charge on any atom is -0.481 e. The Balaban J connectivity index is 3.95. The van der Waals surface area contributed by atoms with Crippen LogP contribution in [0.5, 0.6) is 0 Å². The molecule has 0 radical (unpaired) electrons. The Morgan fingerprint density at radius 1 is 1.14 bits per heavy atom. The van der Waals surface area contributed by atoms with Crippen molar-refractivity contribution < 1.29 is 19.5 Å². The highest BCUT2D eigenvalue weighted by molar-refractivity contribution is 5.83. The van der Waals surface area contributed by atoms with Crippen molar-refractivity contribution in [2.45, 2.75) is 39.5 Å². The van der Waals surface area contributed by atoms with E-state index in [-0.39, 0.29) is 30.8 Å². The normalized spacial score (nSPS) is 11.6. The third kappa shape index (κ3) is 9.70. The average molecular weight is 301 g/mol. The van der Waals surface area contributed by atoms with Crippen LogP contribution in [0.1, 0.15) is 39.5 Å². The smallest absolute Gasteiger partial charge is 0.317 e. The van der Waals surface area contributed by atoms with Crippen LogP contribution in [-0.2, 0) is 9.59 Å². The van der Waals surface area contributed by atoms with Crippen LogP contribution in [0.25, 0.3) is 0 Å². The van der Waals surface area contributed by atoms with Crippen molar-refractivity contribution in [3.8, 4) is 0 Å². The molecule has 3 N–H and O–H groups in total. The van der Waals surface area contributed by atoms with Crippen LogP contribution in [0.2, 0.25) is 0 Å². The quantitative estimate of drug-likeness (QED) is 0.561. The van der Waals surface area contributed by atoms with Crippen molar-refractivity contribution in [2.75, 3.05) is 26.7 Å². The summed E-state index contributed by atoms with van der Waals surface area (Å²) in [4.78, 5) is 35.0. The Bertz CT molecular complexity index is 347. The maximum atomic E-state index is 11.8. The van der Waals surface area contributed by atoms with Crippen molar-refractivity contribution in [3.05, 3.63) is 0 Å². The molecule has 1 unspecified atom stereocenters. The molecule has 7 nitrogen and oxygen atoms in total. The number of carbonyl (C=O) groups is 3. The van der Waals surface area contributed by atoms with Gasteiger partial charge in [0.1, 0.15) is 6.54 Å². The lowest BCUT2D eigenvalue weighted by Gasteiger charge is -2.19. The third-order valence-electron chi connectivity index (χ3n) is 3.27. The second-order valence-electron chi connectivity index (χ2n) is 5.04. The number of carboxylic acid groups (broad SMARTS) is 1. The number of likely N-dealkylation sites (N-methyl/N-ethyl adjacent to an activating group) is 2. The molecule has 0 saturated carbocycles. The molecule has 7 heteroatoms. The van der Waals surface area contributed by atoms with E-state index in [4.69, 9.17) is 5.11 Å². The zero-order chi connectivity index (χ0) is 16.3. The summed E-state index contributed by atoms with van der Waals surface area (Å²) in [6, 6.07) is -0.297. The Morgan fingerprint density at radius 2 is 1.81 bits per heavy atom. The molecule has 0 heterocycles. The topological polar surface area (TPSA) is 98.7 Å². The fourth-order valence-corrected chi connectivity index (χ4v) is 1.94. The van der Waals surface area contributed by atoms with Gasteiger partial charge in [-0.1, -0.05) is 13.3 Å². The van der Waals surface area contributed by atoms with Gasteiger partial charge in [-0.3, -0.25) is 9.59 Å². The van der Waals surface area contributed by atoms with Crippen LogP contribution in [0.3, 0.4) is 0 Å². The second kappa shape index (κ2) is 10.9. The zero-order valence-electron chi connectivity index (χ0n) is 13.1. The predicted octanol–water partition coefficient (Wildman–Crippen LogP) is 1.05. The first-order valence-electron chi connectivity index (χ1n) is 7.38. The molecule has 0 aromatic carbocycles. The SMILES string of the molecule is CCNC(=O)CN(C)C(=O)NCCC(CC)CCC(=O)O. The maximum absolute atomic E-state index is 11.8. The van der Waals surface area contributed by atoms with E-state index in [1.807, 2.05) is 13.8 Å². The molecule has 21 heavy (non-hydrogen) atoms. The number of nitrogens with one attached hydrogen (secondary N) is 2. The lowest BCUT2D eigenvalue weighted by atomic mass is 9.97. The van der Waals surface area contributed by atoms with Crippen molar-refractivity contribution in [1.82, 2.24) is 15.5 Å². The maximum Gasteiger partial charge on any atom is 0.317 e. The van der Waals surface area contributed by atoms with Gasteiger partial charge in [-0.2, -0.15) is 0 Å². The minimum atomic E-state index is -0.792. The van der Waals surface area contributed by atoms with Crippen molar-refractivity contribution in [1.29, 1.82) is 0 Å². The molecular weight excluding hydrogens is 274 g/mol. The van der Waals surface area contributed by atoms with Crippen LogP contribution in [0.4, 0.5) is 4.79 Å². The highest BCUT2D eigenvalue weighted by atomic mass is 16.4. The van der Waals surface area contributed by atoms with Crippen LogP contribution < -0.4 is 10.6 Å². The summed E-state index contributed by atoms with van der Waals surface area (Å²) >= 11 is 0. The van der Waals surface area contributed by atoms with Gasteiger partial charge in [0.2, 0.25) is 5.91 Å². The van der Waals surface area contributed by atoms with E-state index in [1.165, 1.54) is 4.90 Å². The fraction of sp³-hybridized carbons (Fsp3) is 0.786. The standard InChI is InChI=1S/C14H27N3O4/c1-4-11(6-7-13(19)20)8-9-16-14(21)17(3)10-12(18)15-5-2/h11H,4-10H2,1-3H3,(H,15,18)(H,16,21)(H,19,20). The second-order valence-corrected chi connectivity index (χ2v) is 5.04. The van der Waals surface area contributed by atoms with Crippen LogP contribution in [0, 0.1) is 5.92 Å². The first-order chi connectivity index (χ1) is 9.90. The summed E-state index contributed by atoms with van der Waals surface area (Å²) in [5, 5.41) is 14.0. The van der Waals surface area contributed by atoms with E-state index in [1.54, 1.807) is 7.05 Å². The minimum absolute atomic E-state index is 0.0237. The van der Waals surface area contributed by atoms with Gasteiger partial charge in [-0.05, 0) is 25.7 Å². The van der Waals surface area contributed by atoms with Crippen molar-refractivity contribution >= 4 is 17.9 Å². The molecule has 0 fully saturated rings. The van der Waals surface area contributed by atoms with E-state index in [2.05, 4.69) is 10.6 Å². The summed E-state index contributed by atoms with van der Waals surface area (Å²) in [7, 11) is 1.56. The summed E-state index contributed by atoms with van der Waals surface area (Å²) < 4.78 is 0. The van der Waals surface area contributed by atoms with E-state index in [9.17, 15) is 14.4 Å². The van der Waals surface area contributed by atoms with E-state index in [0.717, 1.165) is 12.8 Å². The number of carboxylic acids is 1. The molecule has 3 amide bonds. The molecule has 0 aliphatic carbocycles. The average Bonchev–Trinajstić information content (AvgIpc) is 2.42. The van der Waals surface area contributed by atoms with E-state index < -0.39 is 5.97 Å². The molecule has 0 aliphatic rings. The molecule has 0 bridgehead atoms. The zero-order valence-corrected chi connectivity index (χ0v) is 13.1. The Labute approximate surface area is 126 Å². The first kappa shape index (κ1) is 19.2. The Hall–Kier alpha value is -1.79. The molecule has 0 aliphatic heterocycles. The lowest BCUT2D eigenvalue weighted by molar-refractivity contribution is -0.137. The van der Waals surface area contributed by atoms with Crippen LogP contribution in [0.15, 0.2) is 0 Å². The molecule has 0 rings (SSSR count). The predicted molar refractivity (Wildman–Crippen MR) is 80.0 cm³/mol. The van der Waals surface area contributed by atoms with Crippen LogP contribution in [-0.4, -0.2) is 54.6 Å². The number of hydrogen-bond donors (Lipinski definition) is 3. The third-order valence-corrected chi connectivity index (χ3v) is 3.27. The van der Waals surface area contributed by atoms with Crippen molar-refractivity contribution in [2.24, 2.45) is 5.92 Å². The number of nitrogens with zero attached hydrogens (tertiary/aromatic N) is 1. The van der Waals surface area contributed by atoms with Gasteiger partial charge in [0.25, 0.3) is 0 Å². The molecule has 0 saturated heterocycles. The lowest BCUT2D eigenvalue weighted by Crippen LogP contribution is -2.43. The Morgan fingerprint density at radius 3 is 2.33 bits per heavy atom. The summed E-state index contributed by atoms with van der Waals surface area (Å²) in [6.45, 7) is 4.87. The number of hydrogen-bond acceptors (Lipinski definition) is 3. The van der Waals surface area contributed by atoms with Crippen LogP contribution >= 0.6 is 0 Å². The van der Waals surface area contributed by atoms with Gasteiger partial charge in [0, 0.05) is 26.6 Å². The number of urea groups is 1. The van der Waals surface area contributed by atoms with Gasteiger partial charge < -0.3 is 20.6 Å². The summed E-state index contributed by atoms with van der Waals surface area (Å²) in [5.41, 5.74) is 0. The molecule has 122 valence electrons. The molecule has 0 aromatic heterocycles. The largest absolute Gasteiger partial charge is 0.481 e. The number of rotatable bonds is 10. The molecule has 0 spiro atoms. The van der Waals surface area contributed by atoms with Crippen molar-refractivity contribution in [3.63, 3.8) is 0 Å². The monoisotopic (exact) mass is 301 g/mol. The van der Waals surface area contributed by atoms with E-state index >= 15 is 0 Å². The van der Waals surface area contributed by atoms with Gasteiger partial charge in [-0.15, -0.1) is 0 Å². The van der Waals surface area contributed by atoms with Gasteiger partial charge in [-0.25, -0.2) is 4.79 Å². The molecule has 0 aromatic rings. The Kier molecular flexibility index (Phi) is 10.0. The van der Waals surface area contributed by atoms with Gasteiger partial charge in [0.15, 0.2) is 0 Å². The van der Waals surface area contributed by atoms with Gasteiger partial charge in [0.05, 0.1) is 0 Å².